The number of aryl methyl sites for hydroxylation is 1. The van der Waals surface area contributed by atoms with Crippen molar-refractivity contribution in [3.8, 4) is 0 Å². The van der Waals surface area contributed by atoms with Crippen molar-refractivity contribution in [1.82, 2.24) is 4.98 Å². The van der Waals surface area contributed by atoms with Crippen LogP contribution in [0.15, 0.2) is 24.5 Å². The summed E-state index contributed by atoms with van der Waals surface area (Å²) in [7, 11) is 0. The molecule has 0 fully saturated rings. The molecule has 0 aromatic carbocycles. The van der Waals surface area contributed by atoms with Crippen LogP contribution < -0.4 is 5.32 Å². The monoisotopic (exact) mass is 316 g/mol. The van der Waals surface area contributed by atoms with Crippen LogP contribution in [0.5, 0.6) is 0 Å². The number of nitrogens with zero attached hydrogens (tertiary/aromatic N) is 1. The third-order valence-corrected chi connectivity index (χ3v) is 4.99. The number of thiophene rings is 1. The summed E-state index contributed by atoms with van der Waals surface area (Å²) in [6.45, 7) is 0. The first kappa shape index (κ1) is 14.7. The highest BCUT2D eigenvalue weighted by molar-refractivity contribution is 7.17. The van der Waals surface area contributed by atoms with Gasteiger partial charge >= 0.3 is 5.97 Å². The number of nitrogens with one attached hydrogen (secondary N) is 1. The minimum Gasteiger partial charge on any atom is -0.478 e. The molecule has 2 aromatic heterocycles. The minimum atomic E-state index is -0.971. The molecule has 0 saturated heterocycles. The van der Waals surface area contributed by atoms with Crippen LogP contribution in [0.4, 0.5) is 5.00 Å². The van der Waals surface area contributed by atoms with Crippen molar-refractivity contribution in [2.45, 2.75) is 32.1 Å². The van der Waals surface area contributed by atoms with Gasteiger partial charge in [0.1, 0.15) is 5.00 Å². The Kier molecular flexibility index (Phi) is 4.20. The second-order valence-corrected chi connectivity index (χ2v) is 6.37. The highest BCUT2D eigenvalue weighted by Crippen LogP contribution is 2.37. The van der Waals surface area contributed by atoms with Crippen molar-refractivity contribution in [2.24, 2.45) is 0 Å². The number of rotatable bonds is 3. The Balaban J connectivity index is 1.94. The molecule has 1 amide bonds. The second-order valence-electron chi connectivity index (χ2n) is 5.27. The standard InChI is InChI=1S/C16H16N2O3S/c19-14(10-5-4-8-17-9-10)18-15-13(16(20)21)11-6-2-1-3-7-12(11)22-15/h4-5,8-9H,1-3,6-7H2,(H,18,19)(H,20,21). The average Bonchev–Trinajstić information content (AvgIpc) is 2.69. The first-order valence-electron chi connectivity index (χ1n) is 7.26. The van der Waals surface area contributed by atoms with Crippen molar-refractivity contribution in [3.63, 3.8) is 0 Å². The van der Waals surface area contributed by atoms with E-state index in [1.807, 2.05) is 0 Å². The van der Waals surface area contributed by atoms with Crippen LogP contribution in [0.1, 0.15) is 50.4 Å². The molecule has 0 bridgehead atoms. The number of carboxylic acids is 1. The summed E-state index contributed by atoms with van der Waals surface area (Å²) < 4.78 is 0. The van der Waals surface area contributed by atoms with Crippen LogP contribution in [-0.2, 0) is 12.8 Å². The number of aromatic carboxylic acids is 1. The van der Waals surface area contributed by atoms with Crippen LogP contribution in [-0.4, -0.2) is 22.0 Å². The molecule has 1 aliphatic carbocycles. The molecule has 0 atom stereocenters. The Labute approximate surface area is 132 Å². The zero-order chi connectivity index (χ0) is 15.5. The largest absolute Gasteiger partial charge is 0.478 e. The zero-order valence-electron chi connectivity index (χ0n) is 12.0. The number of hydrogen-bond acceptors (Lipinski definition) is 4. The van der Waals surface area contributed by atoms with Crippen molar-refractivity contribution in [3.05, 3.63) is 46.1 Å². The lowest BCUT2D eigenvalue weighted by Gasteiger charge is -2.05. The van der Waals surface area contributed by atoms with Gasteiger partial charge in [-0.3, -0.25) is 9.78 Å². The summed E-state index contributed by atoms with van der Waals surface area (Å²) in [5, 5.41) is 12.7. The molecule has 0 spiro atoms. The molecule has 1 aliphatic rings. The van der Waals surface area contributed by atoms with Gasteiger partial charge in [-0.05, 0) is 43.4 Å². The molecule has 0 saturated carbocycles. The maximum Gasteiger partial charge on any atom is 0.339 e. The molecule has 0 radical (unpaired) electrons. The average molecular weight is 316 g/mol. The second kappa shape index (κ2) is 6.27. The predicted octanol–water partition coefficient (Wildman–Crippen LogP) is 3.36. The van der Waals surface area contributed by atoms with Gasteiger partial charge in [0.15, 0.2) is 0 Å². The lowest BCUT2D eigenvalue weighted by Crippen LogP contribution is -2.14. The Hall–Kier alpha value is -2.21. The fourth-order valence-electron chi connectivity index (χ4n) is 2.73. The van der Waals surface area contributed by atoms with Crippen molar-refractivity contribution in [2.75, 3.05) is 5.32 Å². The van der Waals surface area contributed by atoms with Gasteiger partial charge in [0, 0.05) is 17.3 Å². The summed E-state index contributed by atoms with van der Waals surface area (Å²) >= 11 is 1.39. The number of hydrogen-bond donors (Lipinski definition) is 2. The maximum absolute atomic E-state index is 12.2. The number of carboxylic acid groups (broad SMARTS) is 1. The van der Waals surface area contributed by atoms with Gasteiger partial charge in [-0.15, -0.1) is 11.3 Å². The molecule has 114 valence electrons. The number of pyridine rings is 1. The third-order valence-electron chi connectivity index (χ3n) is 3.79. The van der Waals surface area contributed by atoms with E-state index in [4.69, 9.17) is 0 Å². The van der Waals surface area contributed by atoms with Gasteiger partial charge in [-0.1, -0.05) is 6.42 Å². The van der Waals surface area contributed by atoms with Crippen LogP contribution in [0.3, 0.4) is 0 Å². The molecule has 2 aromatic rings. The van der Waals surface area contributed by atoms with Crippen molar-refractivity contribution < 1.29 is 14.7 Å². The highest BCUT2D eigenvalue weighted by Gasteiger charge is 2.25. The topological polar surface area (TPSA) is 79.3 Å². The molecular formula is C16H16N2O3S. The van der Waals surface area contributed by atoms with Gasteiger partial charge < -0.3 is 10.4 Å². The molecule has 2 N–H and O–H groups in total. The summed E-state index contributed by atoms with van der Waals surface area (Å²) in [4.78, 5) is 28.9. The number of carbonyl (C=O) groups is 2. The van der Waals surface area contributed by atoms with Crippen LogP contribution >= 0.6 is 11.3 Å². The third kappa shape index (κ3) is 2.87. The fraction of sp³-hybridized carbons (Fsp3) is 0.312. The van der Waals surface area contributed by atoms with E-state index in [9.17, 15) is 14.7 Å². The Bertz CT molecular complexity index is 710. The first-order valence-corrected chi connectivity index (χ1v) is 8.07. The number of fused-ring (bicyclic) bond motifs is 1. The van der Waals surface area contributed by atoms with Crippen molar-refractivity contribution in [1.29, 1.82) is 0 Å². The number of anilines is 1. The maximum atomic E-state index is 12.2. The molecule has 6 heteroatoms. The van der Waals surface area contributed by atoms with E-state index < -0.39 is 5.97 Å². The van der Waals surface area contributed by atoms with Crippen LogP contribution in [0.25, 0.3) is 0 Å². The van der Waals surface area contributed by atoms with Gasteiger partial charge in [0.05, 0.1) is 11.1 Å². The first-order chi connectivity index (χ1) is 10.7. The number of carbonyl (C=O) groups excluding carboxylic acids is 1. The Morgan fingerprint density at radius 2 is 2.05 bits per heavy atom. The molecule has 0 aliphatic heterocycles. The zero-order valence-corrected chi connectivity index (χ0v) is 12.8. The summed E-state index contributed by atoms with van der Waals surface area (Å²) in [6.07, 6.45) is 7.92. The van der Waals surface area contributed by atoms with E-state index in [1.54, 1.807) is 18.3 Å². The Morgan fingerprint density at radius 1 is 1.23 bits per heavy atom. The summed E-state index contributed by atoms with van der Waals surface area (Å²) in [5.74, 6) is -1.30. The molecule has 0 unspecified atom stereocenters. The van der Waals surface area contributed by atoms with E-state index >= 15 is 0 Å². The summed E-state index contributed by atoms with van der Waals surface area (Å²) in [5.41, 5.74) is 1.58. The van der Waals surface area contributed by atoms with Crippen LogP contribution in [0, 0.1) is 0 Å². The van der Waals surface area contributed by atoms with E-state index in [1.165, 1.54) is 17.5 Å². The lowest BCUT2D eigenvalue weighted by atomic mass is 10.1. The van der Waals surface area contributed by atoms with E-state index in [0.717, 1.165) is 42.5 Å². The quantitative estimate of drug-likeness (QED) is 0.851. The fourth-order valence-corrected chi connectivity index (χ4v) is 4.01. The number of amides is 1. The lowest BCUT2D eigenvalue weighted by molar-refractivity contribution is 0.0697. The summed E-state index contributed by atoms with van der Waals surface area (Å²) in [6, 6.07) is 3.33. The molecule has 3 rings (SSSR count). The Morgan fingerprint density at radius 3 is 2.77 bits per heavy atom. The van der Waals surface area contributed by atoms with Gasteiger partial charge in [-0.2, -0.15) is 0 Å². The SMILES string of the molecule is O=C(Nc1sc2c(c1C(=O)O)CCCCC2)c1cccnc1. The van der Waals surface area contributed by atoms with E-state index in [0.29, 0.717) is 10.6 Å². The van der Waals surface area contributed by atoms with Crippen LogP contribution in [0.2, 0.25) is 0 Å². The van der Waals surface area contributed by atoms with Gasteiger partial charge in [0.25, 0.3) is 5.91 Å². The molecular weight excluding hydrogens is 300 g/mol. The molecule has 22 heavy (non-hydrogen) atoms. The van der Waals surface area contributed by atoms with Crippen molar-refractivity contribution >= 4 is 28.2 Å². The predicted molar refractivity (Wildman–Crippen MR) is 84.7 cm³/mol. The van der Waals surface area contributed by atoms with E-state index in [2.05, 4.69) is 10.3 Å². The van der Waals surface area contributed by atoms with E-state index in [-0.39, 0.29) is 11.5 Å². The molecule has 5 nitrogen and oxygen atoms in total. The smallest absolute Gasteiger partial charge is 0.339 e. The normalized spacial score (nSPS) is 14.0. The highest BCUT2D eigenvalue weighted by atomic mass is 32.1. The number of aromatic nitrogens is 1. The molecule has 2 heterocycles. The van der Waals surface area contributed by atoms with Gasteiger partial charge in [0.2, 0.25) is 0 Å². The minimum absolute atomic E-state index is 0.263. The van der Waals surface area contributed by atoms with Gasteiger partial charge in [-0.25, -0.2) is 4.79 Å².